The van der Waals surface area contributed by atoms with Gasteiger partial charge in [-0.2, -0.15) is 0 Å². The maximum atomic E-state index is 5.36. The van der Waals surface area contributed by atoms with Gasteiger partial charge in [0.25, 0.3) is 0 Å². The van der Waals surface area contributed by atoms with Gasteiger partial charge < -0.3 is 10.7 Å². The number of nitrogens with zero attached hydrogens (tertiary/aromatic N) is 1. The molecule has 2 rings (SSSR count). The summed E-state index contributed by atoms with van der Waals surface area (Å²) in [6.07, 6.45) is 5.69. The zero-order valence-corrected chi connectivity index (χ0v) is 10.6. The summed E-state index contributed by atoms with van der Waals surface area (Å²) in [5.41, 5.74) is 3.67. The van der Waals surface area contributed by atoms with Gasteiger partial charge in [-0.05, 0) is 24.3 Å². The SMILES string of the molecule is CC1CCCC(Nc2ccnc(NN)c2)C1C. The summed E-state index contributed by atoms with van der Waals surface area (Å²) in [5.74, 6) is 7.58. The van der Waals surface area contributed by atoms with Crippen molar-refractivity contribution < 1.29 is 0 Å². The highest BCUT2D eigenvalue weighted by Crippen LogP contribution is 2.31. The lowest BCUT2D eigenvalue weighted by atomic mass is 9.78. The Kier molecular flexibility index (Phi) is 3.84. The number of nitrogens with two attached hydrogens (primary N) is 1. The number of hydrogen-bond donors (Lipinski definition) is 3. The second-order valence-electron chi connectivity index (χ2n) is 5.09. The number of nitrogen functional groups attached to an aromatic ring is 1. The number of anilines is 2. The molecule has 3 atom stereocenters. The Morgan fingerprint density at radius 2 is 2.18 bits per heavy atom. The lowest BCUT2D eigenvalue weighted by molar-refractivity contribution is 0.253. The standard InChI is InChI=1S/C13H22N4/c1-9-4-3-5-12(10(9)2)16-11-6-7-15-13(8-11)17-14/h6-10,12H,3-5,14H2,1-2H3,(H2,15,16,17). The molecule has 1 heterocycles. The summed E-state index contributed by atoms with van der Waals surface area (Å²) < 4.78 is 0. The first-order valence-electron chi connectivity index (χ1n) is 6.40. The molecule has 0 aromatic carbocycles. The maximum Gasteiger partial charge on any atom is 0.141 e. The lowest BCUT2D eigenvalue weighted by Crippen LogP contribution is -2.35. The molecule has 4 heteroatoms. The fourth-order valence-corrected chi connectivity index (χ4v) is 2.60. The van der Waals surface area contributed by atoms with Gasteiger partial charge in [-0.1, -0.05) is 26.7 Å². The van der Waals surface area contributed by atoms with Crippen LogP contribution in [0, 0.1) is 11.8 Å². The molecular weight excluding hydrogens is 212 g/mol. The number of pyridine rings is 1. The van der Waals surface area contributed by atoms with Crippen LogP contribution in [0.4, 0.5) is 11.5 Å². The van der Waals surface area contributed by atoms with Gasteiger partial charge in [0.2, 0.25) is 0 Å². The van der Waals surface area contributed by atoms with E-state index in [0.717, 1.165) is 11.6 Å². The van der Waals surface area contributed by atoms with Gasteiger partial charge in [0.15, 0.2) is 0 Å². The van der Waals surface area contributed by atoms with Crippen molar-refractivity contribution in [2.24, 2.45) is 17.7 Å². The zero-order valence-electron chi connectivity index (χ0n) is 10.6. The van der Waals surface area contributed by atoms with Gasteiger partial charge in [-0.3, -0.25) is 0 Å². The van der Waals surface area contributed by atoms with E-state index in [0.29, 0.717) is 17.8 Å². The number of aromatic nitrogens is 1. The summed E-state index contributed by atoms with van der Waals surface area (Å²) in [4.78, 5) is 4.11. The van der Waals surface area contributed by atoms with Crippen molar-refractivity contribution in [2.75, 3.05) is 10.7 Å². The smallest absolute Gasteiger partial charge is 0.141 e. The highest BCUT2D eigenvalue weighted by Gasteiger charge is 2.26. The molecule has 17 heavy (non-hydrogen) atoms. The minimum atomic E-state index is 0.562. The predicted molar refractivity (Wildman–Crippen MR) is 71.6 cm³/mol. The molecule has 0 bridgehead atoms. The number of hydrogen-bond acceptors (Lipinski definition) is 4. The van der Waals surface area contributed by atoms with Crippen molar-refractivity contribution >= 4 is 11.5 Å². The molecule has 0 radical (unpaired) electrons. The topological polar surface area (TPSA) is 63.0 Å². The average molecular weight is 234 g/mol. The Hall–Kier alpha value is -1.29. The molecule has 0 saturated heterocycles. The Balaban J connectivity index is 2.04. The quantitative estimate of drug-likeness (QED) is 0.555. The Bertz CT molecular complexity index is 366. The fraction of sp³-hybridized carbons (Fsp3) is 0.615. The summed E-state index contributed by atoms with van der Waals surface area (Å²) >= 11 is 0. The molecule has 1 aliphatic carbocycles. The summed E-state index contributed by atoms with van der Waals surface area (Å²) in [6.45, 7) is 4.68. The van der Waals surface area contributed by atoms with E-state index in [9.17, 15) is 0 Å². The molecule has 4 nitrogen and oxygen atoms in total. The lowest BCUT2D eigenvalue weighted by Gasteiger charge is -2.35. The fourth-order valence-electron chi connectivity index (χ4n) is 2.60. The molecule has 1 aliphatic rings. The van der Waals surface area contributed by atoms with Crippen LogP contribution < -0.4 is 16.6 Å². The van der Waals surface area contributed by atoms with Crippen LogP contribution in [0.15, 0.2) is 18.3 Å². The molecule has 0 spiro atoms. The van der Waals surface area contributed by atoms with Crippen LogP contribution in [-0.4, -0.2) is 11.0 Å². The normalized spacial score (nSPS) is 28.8. The largest absolute Gasteiger partial charge is 0.382 e. The molecular formula is C13H22N4. The first kappa shape index (κ1) is 12.2. The molecule has 1 aromatic heterocycles. The van der Waals surface area contributed by atoms with Crippen molar-refractivity contribution in [2.45, 2.75) is 39.2 Å². The average Bonchev–Trinajstić information content (AvgIpc) is 2.35. The van der Waals surface area contributed by atoms with Gasteiger partial charge in [0.05, 0.1) is 0 Å². The van der Waals surface area contributed by atoms with E-state index in [-0.39, 0.29) is 0 Å². The molecule has 1 aromatic rings. The van der Waals surface area contributed by atoms with Crippen LogP contribution in [0.2, 0.25) is 0 Å². The van der Waals surface area contributed by atoms with E-state index in [1.54, 1.807) is 6.20 Å². The van der Waals surface area contributed by atoms with Gasteiger partial charge in [0.1, 0.15) is 5.82 Å². The third kappa shape index (κ3) is 2.88. The Morgan fingerprint density at radius 1 is 1.35 bits per heavy atom. The van der Waals surface area contributed by atoms with Crippen LogP contribution in [0.1, 0.15) is 33.1 Å². The molecule has 94 valence electrons. The molecule has 0 amide bonds. The van der Waals surface area contributed by atoms with Gasteiger partial charge >= 0.3 is 0 Å². The van der Waals surface area contributed by atoms with Crippen molar-refractivity contribution in [3.63, 3.8) is 0 Å². The molecule has 1 saturated carbocycles. The third-order valence-corrected chi connectivity index (χ3v) is 3.97. The Morgan fingerprint density at radius 3 is 2.94 bits per heavy atom. The second kappa shape index (κ2) is 5.36. The van der Waals surface area contributed by atoms with E-state index in [2.05, 4.69) is 29.6 Å². The molecule has 3 unspecified atom stereocenters. The van der Waals surface area contributed by atoms with Crippen molar-refractivity contribution in [3.8, 4) is 0 Å². The van der Waals surface area contributed by atoms with Crippen LogP contribution in [-0.2, 0) is 0 Å². The highest BCUT2D eigenvalue weighted by molar-refractivity contribution is 5.51. The minimum absolute atomic E-state index is 0.562. The predicted octanol–water partition coefficient (Wildman–Crippen LogP) is 2.60. The van der Waals surface area contributed by atoms with E-state index < -0.39 is 0 Å². The first-order chi connectivity index (χ1) is 8.20. The third-order valence-electron chi connectivity index (χ3n) is 3.97. The summed E-state index contributed by atoms with van der Waals surface area (Å²) in [7, 11) is 0. The van der Waals surface area contributed by atoms with Crippen molar-refractivity contribution in [1.29, 1.82) is 0 Å². The van der Waals surface area contributed by atoms with E-state index in [4.69, 9.17) is 5.84 Å². The summed E-state index contributed by atoms with van der Waals surface area (Å²) in [6, 6.07) is 4.51. The van der Waals surface area contributed by atoms with Gasteiger partial charge in [-0.25, -0.2) is 10.8 Å². The maximum absolute atomic E-state index is 5.36. The zero-order chi connectivity index (χ0) is 12.3. The molecule has 4 N–H and O–H groups in total. The van der Waals surface area contributed by atoms with Crippen LogP contribution >= 0.6 is 0 Å². The van der Waals surface area contributed by atoms with E-state index in [1.807, 2.05) is 12.1 Å². The monoisotopic (exact) mass is 234 g/mol. The van der Waals surface area contributed by atoms with Gasteiger partial charge in [-0.15, -0.1) is 0 Å². The van der Waals surface area contributed by atoms with Crippen LogP contribution in [0.5, 0.6) is 0 Å². The van der Waals surface area contributed by atoms with Crippen molar-refractivity contribution in [3.05, 3.63) is 18.3 Å². The van der Waals surface area contributed by atoms with Crippen molar-refractivity contribution in [1.82, 2.24) is 4.98 Å². The molecule has 1 fully saturated rings. The van der Waals surface area contributed by atoms with Crippen LogP contribution in [0.25, 0.3) is 0 Å². The molecule has 0 aliphatic heterocycles. The van der Waals surface area contributed by atoms with E-state index in [1.165, 1.54) is 19.3 Å². The minimum Gasteiger partial charge on any atom is -0.382 e. The highest BCUT2D eigenvalue weighted by atomic mass is 15.2. The summed E-state index contributed by atoms with van der Waals surface area (Å²) in [5, 5.41) is 3.60. The Labute approximate surface area is 103 Å². The first-order valence-corrected chi connectivity index (χ1v) is 6.40. The number of rotatable bonds is 3. The van der Waals surface area contributed by atoms with E-state index >= 15 is 0 Å². The van der Waals surface area contributed by atoms with Gasteiger partial charge in [0, 0.05) is 24.0 Å². The van der Waals surface area contributed by atoms with Crippen LogP contribution in [0.3, 0.4) is 0 Å². The number of nitrogens with one attached hydrogen (secondary N) is 2. The second-order valence-corrected chi connectivity index (χ2v) is 5.09. The number of hydrazine groups is 1.